The molecule has 250 valence electrons. The van der Waals surface area contributed by atoms with Gasteiger partial charge < -0.3 is 47.4 Å². The maximum Gasteiger partial charge on any atom is 0.332 e. The third kappa shape index (κ3) is 34.8. The van der Waals surface area contributed by atoms with Gasteiger partial charge in [0.2, 0.25) is 0 Å². The van der Waals surface area contributed by atoms with Crippen molar-refractivity contribution >= 4 is 11.9 Å². The molecule has 0 atom stereocenters. The van der Waals surface area contributed by atoms with Crippen molar-refractivity contribution in [1.82, 2.24) is 0 Å². The largest absolute Gasteiger partial charge is 0.463 e. The van der Waals surface area contributed by atoms with Gasteiger partial charge in [0.05, 0.1) is 99.1 Å². The van der Waals surface area contributed by atoms with Crippen molar-refractivity contribution in [3.63, 3.8) is 0 Å². The number of hydrogen-bond donors (Lipinski definition) is 0. The summed E-state index contributed by atoms with van der Waals surface area (Å²) in [5.41, 5.74) is -0.511. The van der Waals surface area contributed by atoms with Crippen LogP contribution in [0, 0.1) is 0 Å². The number of ether oxygens (including phenoxy) is 10. The zero-order chi connectivity index (χ0) is 31.0. The molecule has 0 amide bonds. The third-order valence-corrected chi connectivity index (χ3v) is 5.22. The Bertz CT molecular complexity index is 597. The highest BCUT2D eigenvalue weighted by atomic mass is 16.6. The molecule has 0 fully saturated rings. The van der Waals surface area contributed by atoms with E-state index in [9.17, 15) is 9.59 Å². The molecule has 0 aromatic carbocycles. The van der Waals surface area contributed by atoms with Crippen LogP contribution >= 0.6 is 0 Å². The molecule has 0 N–H and O–H groups in total. The van der Waals surface area contributed by atoms with Crippen molar-refractivity contribution in [3.8, 4) is 0 Å². The normalized spacial score (nSPS) is 11.6. The quantitative estimate of drug-likeness (QED) is 0.0819. The van der Waals surface area contributed by atoms with Crippen LogP contribution in [0.5, 0.6) is 0 Å². The van der Waals surface area contributed by atoms with Gasteiger partial charge in [-0.15, -0.1) is 0 Å². The lowest BCUT2D eigenvalue weighted by molar-refractivity contribution is -0.160. The maximum atomic E-state index is 11.6. The van der Waals surface area contributed by atoms with Crippen molar-refractivity contribution in [2.24, 2.45) is 0 Å². The van der Waals surface area contributed by atoms with Crippen LogP contribution in [0.2, 0.25) is 0 Å². The molecule has 0 saturated heterocycles. The van der Waals surface area contributed by atoms with Gasteiger partial charge in [0.25, 0.3) is 0 Å². The lowest BCUT2D eigenvalue weighted by Gasteiger charge is -2.19. The first-order chi connectivity index (χ1) is 20.3. The Morgan fingerprint density at radius 1 is 0.452 bits per heavy atom. The van der Waals surface area contributed by atoms with Crippen molar-refractivity contribution in [1.29, 1.82) is 0 Å². The standard InChI is InChI=1S/C30H58O12/c1-5-6-7-8-9-10-28(31)41-26-25-39-22-21-37-18-17-35-14-13-33-11-12-34-15-16-36-19-20-38-23-24-40-27-29(32)42-30(2,3)4/h5-27H2,1-4H3. The van der Waals surface area contributed by atoms with Crippen LogP contribution in [0.15, 0.2) is 0 Å². The number of hydrogen-bond acceptors (Lipinski definition) is 12. The summed E-state index contributed by atoms with van der Waals surface area (Å²) in [6, 6.07) is 0. The van der Waals surface area contributed by atoms with E-state index >= 15 is 0 Å². The fraction of sp³-hybridized carbons (Fsp3) is 0.933. The first-order valence-corrected chi connectivity index (χ1v) is 15.3. The van der Waals surface area contributed by atoms with Gasteiger partial charge in [-0.3, -0.25) is 4.79 Å². The Hall–Kier alpha value is -1.38. The highest BCUT2D eigenvalue weighted by molar-refractivity contribution is 5.71. The zero-order valence-electron chi connectivity index (χ0n) is 26.7. The van der Waals surface area contributed by atoms with Gasteiger partial charge in [-0.1, -0.05) is 32.6 Å². The van der Waals surface area contributed by atoms with E-state index in [1.165, 1.54) is 19.3 Å². The minimum absolute atomic E-state index is 0.0837. The summed E-state index contributed by atoms with van der Waals surface area (Å²) in [6.45, 7) is 14.5. The molecule has 0 spiro atoms. The molecule has 0 bridgehead atoms. The Kier molecular flexibility index (Phi) is 30.0. The molecule has 0 aliphatic carbocycles. The van der Waals surface area contributed by atoms with Crippen LogP contribution in [0.1, 0.15) is 66.2 Å². The van der Waals surface area contributed by atoms with E-state index in [0.29, 0.717) is 106 Å². The SMILES string of the molecule is CCCCCCCC(=O)OCCOCCOCCOCCOCCOCCOCCOCCOCC(=O)OC(C)(C)C. The second-order valence-electron chi connectivity index (χ2n) is 10.3. The number of rotatable bonds is 32. The summed E-state index contributed by atoms with van der Waals surface area (Å²) in [4.78, 5) is 23.1. The summed E-state index contributed by atoms with van der Waals surface area (Å²) < 4.78 is 53.5. The zero-order valence-corrected chi connectivity index (χ0v) is 26.7. The molecule has 12 nitrogen and oxygen atoms in total. The first kappa shape index (κ1) is 40.6. The van der Waals surface area contributed by atoms with Gasteiger partial charge in [-0.25, -0.2) is 4.79 Å². The monoisotopic (exact) mass is 610 g/mol. The smallest absolute Gasteiger partial charge is 0.332 e. The molecule has 0 aliphatic heterocycles. The molecule has 0 saturated carbocycles. The van der Waals surface area contributed by atoms with Gasteiger partial charge in [0.1, 0.15) is 18.8 Å². The molecule has 0 radical (unpaired) electrons. The van der Waals surface area contributed by atoms with Gasteiger partial charge in [0.15, 0.2) is 0 Å². The van der Waals surface area contributed by atoms with Crippen LogP contribution in [-0.2, 0) is 57.0 Å². The lowest BCUT2D eigenvalue weighted by Crippen LogP contribution is -2.27. The maximum absolute atomic E-state index is 11.6. The summed E-state index contributed by atoms with van der Waals surface area (Å²) in [5.74, 6) is -0.538. The molecule has 0 rings (SSSR count). The highest BCUT2D eigenvalue weighted by Crippen LogP contribution is 2.07. The summed E-state index contributed by atoms with van der Waals surface area (Å²) >= 11 is 0. The number of unbranched alkanes of at least 4 members (excludes halogenated alkanes) is 4. The van der Waals surface area contributed by atoms with Gasteiger partial charge in [-0.2, -0.15) is 0 Å². The summed E-state index contributed by atoms with van der Waals surface area (Å²) in [7, 11) is 0. The fourth-order valence-corrected chi connectivity index (χ4v) is 3.23. The number of carbonyl (C=O) groups is 2. The predicted molar refractivity (Wildman–Crippen MR) is 157 cm³/mol. The molecular formula is C30H58O12. The Labute approximate surface area is 253 Å². The van der Waals surface area contributed by atoms with Crippen LogP contribution in [0.25, 0.3) is 0 Å². The summed E-state index contributed by atoms with van der Waals surface area (Å²) in [6.07, 6.45) is 6.06. The Morgan fingerprint density at radius 2 is 0.810 bits per heavy atom. The van der Waals surface area contributed by atoms with Crippen molar-refractivity contribution in [2.75, 3.05) is 112 Å². The van der Waals surface area contributed by atoms with Crippen LogP contribution in [-0.4, -0.2) is 130 Å². The van der Waals surface area contributed by atoms with E-state index < -0.39 is 5.60 Å². The molecule has 0 aromatic rings. The van der Waals surface area contributed by atoms with Crippen LogP contribution in [0.3, 0.4) is 0 Å². The van der Waals surface area contributed by atoms with Crippen LogP contribution in [0.4, 0.5) is 0 Å². The molecule has 42 heavy (non-hydrogen) atoms. The third-order valence-electron chi connectivity index (χ3n) is 5.22. The topological polar surface area (TPSA) is 126 Å². The predicted octanol–water partition coefficient (Wildman–Crippen LogP) is 3.36. The Morgan fingerprint density at radius 3 is 1.19 bits per heavy atom. The van der Waals surface area contributed by atoms with E-state index in [1.807, 2.05) is 20.8 Å². The van der Waals surface area contributed by atoms with Gasteiger partial charge in [0, 0.05) is 6.42 Å². The van der Waals surface area contributed by atoms with Crippen LogP contribution < -0.4 is 0 Å². The first-order valence-electron chi connectivity index (χ1n) is 15.3. The average molecular weight is 611 g/mol. The van der Waals surface area contributed by atoms with Crippen molar-refractivity contribution < 1.29 is 57.0 Å². The minimum Gasteiger partial charge on any atom is -0.463 e. The number of esters is 2. The fourth-order valence-electron chi connectivity index (χ4n) is 3.23. The highest BCUT2D eigenvalue weighted by Gasteiger charge is 2.15. The number of carbonyl (C=O) groups excluding carboxylic acids is 2. The Balaban J connectivity index is 3.15. The minimum atomic E-state index is -0.511. The molecule has 0 aromatic heterocycles. The molecule has 0 unspecified atom stereocenters. The lowest BCUT2D eigenvalue weighted by atomic mass is 10.1. The molecular weight excluding hydrogens is 552 g/mol. The second kappa shape index (κ2) is 31.1. The average Bonchev–Trinajstić information content (AvgIpc) is 2.93. The van der Waals surface area contributed by atoms with Crippen molar-refractivity contribution in [3.05, 3.63) is 0 Å². The second-order valence-corrected chi connectivity index (χ2v) is 10.3. The van der Waals surface area contributed by atoms with Crippen molar-refractivity contribution in [2.45, 2.75) is 71.8 Å². The molecule has 12 heteroatoms. The van der Waals surface area contributed by atoms with E-state index in [1.54, 1.807) is 0 Å². The van der Waals surface area contributed by atoms with E-state index in [0.717, 1.165) is 12.8 Å². The molecule has 0 heterocycles. The van der Waals surface area contributed by atoms with E-state index in [4.69, 9.17) is 47.4 Å². The van der Waals surface area contributed by atoms with Gasteiger partial charge >= 0.3 is 11.9 Å². The summed E-state index contributed by atoms with van der Waals surface area (Å²) in [5, 5.41) is 0. The van der Waals surface area contributed by atoms with Gasteiger partial charge in [-0.05, 0) is 27.2 Å². The van der Waals surface area contributed by atoms with E-state index in [-0.39, 0.29) is 25.2 Å². The molecule has 0 aliphatic rings. The van der Waals surface area contributed by atoms with E-state index in [2.05, 4.69) is 6.92 Å².